The normalized spacial score (nSPS) is 7.07. The standard InChI is InChI=1S/C3H8.2C2H4N2O2/c1-3-2;2*3-1(5)2(4)6/h3H2,1-2H3;2*(H2,3,5)(H2,4,6). The number of carbonyl (C=O) groups excluding carboxylic acids is 4. The van der Waals surface area contributed by atoms with Gasteiger partial charge in [0.05, 0.1) is 0 Å². The van der Waals surface area contributed by atoms with Crippen molar-refractivity contribution in [1.29, 1.82) is 0 Å². The quantitative estimate of drug-likeness (QED) is 0.326. The molecule has 0 bridgehead atoms. The first-order valence-electron chi connectivity index (χ1n) is 3.89. The largest absolute Gasteiger partial charge is 0.361 e. The van der Waals surface area contributed by atoms with Gasteiger partial charge in [-0.3, -0.25) is 19.2 Å². The highest BCUT2D eigenvalue weighted by atomic mass is 16.2. The van der Waals surface area contributed by atoms with E-state index in [0.29, 0.717) is 0 Å². The van der Waals surface area contributed by atoms with Gasteiger partial charge >= 0.3 is 23.6 Å². The third-order valence-corrected chi connectivity index (χ3v) is 0.486. The van der Waals surface area contributed by atoms with Gasteiger partial charge in [0, 0.05) is 0 Å². The van der Waals surface area contributed by atoms with Crippen LogP contribution in [0.4, 0.5) is 0 Å². The van der Waals surface area contributed by atoms with Crippen LogP contribution >= 0.6 is 0 Å². The summed E-state index contributed by atoms with van der Waals surface area (Å²) < 4.78 is 0. The summed E-state index contributed by atoms with van der Waals surface area (Å²) in [5, 5.41) is 0. The lowest BCUT2D eigenvalue weighted by Gasteiger charge is -1.75. The SMILES string of the molecule is CCC.NC(=O)C(N)=O.NC(=O)C(N)=O. The van der Waals surface area contributed by atoms with Crippen LogP contribution in [-0.4, -0.2) is 23.6 Å². The highest BCUT2D eigenvalue weighted by Gasteiger charge is 1.97. The second kappa shape index (κ2) is 11.9. The van der Waals surface area contributed by atoms with E-state index in [0.717, 1.165) is 0 Å². The van der Waals surface area contributed by atoms with Crippen molar-refractivity contribution in [2.24, 2.45) is 22.9 Å². The molecule has 4 amide bonds. The number of nitrogens with two attached hydrogens (primary N) is 4. The summed E-state index contributed by atoms with van der Waals surface area (Å²) in [6, 6.07) is 0. The Morgan fingerprint density at radius 2 is 0.733 bits per heavy atom. The summed E-state index contributed by atoms with van der Waals surface area (Å²) in [4.78, 5) is 37.8. The van der Waals surface area contributed by atoms with E-state index in [4.69, 9.17) is 0 Å². The van der Waals surface area contributed by atoms with E-state index in [9.17, 15) is 19.2 Å². The molecule has 0 unspecified atom stereocenters. The molecule has 8 heteroatoms. The van der Waals surface area contributed by atoms with Gasteiger partial charge < -0.3 is 22.9 Å². The number of rotatable bonds is 0. The van der Waals surface area contributed by atoms with Gasteiger partial charge in [-0.15, -0.1) is 0 Å². The second-order valence-electron chi connectivity index (χ2n) is 2.16. The van der Waals surface area contributed by atoms with Gasteiger partial charge in [-0.1, -0.05) is 20.3 Å². The van der Waals surface area contributed by atoms with Crippen molar-refractivity contribution in [1.82, 2.24) is 0 Å². The summed E-state index contributed by atoms with van der Waals surface area (Å²) in [5.74, 6) is -4.41. The zero-order valence-electron chi connectivity index (χ0n) is 8.65. The molecule has 0 aromatic carbocycles. The molecular formula is C7H16N4O4. The van der Waals surface area contributed by atoms with E-state index in [2.05, 4.69) is 36.8 Å². The summed E-state index contributed by atoms with van der Waals surface area (Å²) >= 11 is 0. The monoisotopic (exact) mass is 220 g/mol. The first kappa shape index (κ1) is 18.6. The lowest BCUT2D eigenvalue weighted by molar-refractivity contribution is -0.135. The fourth-order valence-corrected chi connectivity index (χ4v) is 0. The first-order chi connectivity index (χ1) is 6.70. The summed E-state index contributed by atoms with van der Waals surface area (Å²) in [7, 11) is 0. The Bertz CT molecular complexity index is 191. The Balaban J connectivity index is -0.000000153. The highest BCUT2D eigenvalue weighted by molar-refractivity contribution is 6.34. The van der Waals surface area contributed by atoms with Gasteiger partial charge in [-0.2, -0.15) is 0 Å². The Kier molecular flexibility index (Phi) is 14.7. The highest BCUT2D eigenvalue weighted by Crippen LogP contribution is 1.56. The van der Waals surface area contributed by atoms with E-state index < -0.39 is 23.6 Å². The summed E-state index contributed by atoms with van der Waals surface area (Å²) in [5.41, 5.74) is 17.3. The molecular weight excluding hydrogens is 204 g/mol. The van der Waals surface area contributed by atoms with Crippen molar-refractivity contribution >= 4 is 23.6 Å². The zero-order valence-corrected chi connectivity index (χ0v) is 8.65. The van der Waals surface area contributed by atoms with E-state index in [1.807, 2.05) is 0 Å². The van der Waals surface area contributed by atoms with Crippen molar-refractivity contribution in [3.8, 4) is 0 Å². The Morgan fingerprint density at radius 3 is 0.733 bits per heavy atom. The number of carbonyl (C=O) groups is 4. The number of hydrogen-bond acceptors (Lipinski definition) is 4. The molecule has 0 atom stereocenters. The zero-order chi connectivity index (χ0) is 13.0. The predicted octanol–water partition coefficient (Wildman–Crippen LogP) is -2.67. The van der Waals surface area contributed by atoms with Crippen LogP contribution in [0.3, 0.4) is 0 Å². The topological polar surface area (TPSA) is 172 Å². The molecule has 88 valence electrons. The lowest BCUT2D eigenvalue weighted by atomic mass is 10.6. The maximum absolute atomic E-state index is 9.45. The molecule has 0 aliphatic rings. The molecule has 15 heavy (non-hydrogen) atoms. The van der Waals surface area contributed by atoms with E-state index in [-0.39, 0.29) is 0 Å². The molecule has 0 aromatic heterocycles. The molecule has 0 fully saturated rings. The molecule has 0 radical (unpaired) electrons. The molecule has 0 aromatic rings. The van der Waals surface area contributed by atoms with Crippen molar-refractivity contribution in [3.63, 3.8) is 0 Å². The lowest BCUT2D eigenvalue weighted by Crippen LogP contribution is -2.29. The third kappa shape index (κ3) is 33.5. The first-order valence-corrected chi connectivity index (χ1v) is 3.89. The van der Waals surface area contributed by atoms with Gasteiger partial charge in [-0.25, -0.2) is 0 Å². The summed E-state index contributed by atoms with van der Waals surface area (Å²) in [6.07, 6.45) is 1.25. The van der Waals surface area contributed by atoms with Crippen molar-refractivity contribution in [3.05, 3.63) is 0 Å². The van der Waals surface area contributed by atoms with Crippen molar-refractivity contribution < 1.29 is 19.2 Å². The van der Waals surface area contributed by atoms with Crippen LogP contribution in [0.5, 0.6) is 0 Å². The average Bonchev–Trinajstić information content (AvgIpc) is 2.06. The minimum absolute atomic E-state index is 1.10. The third-order valence-electron chi connectivity index (χ3n) is 0.486. The van der Waals surface area contributed by atoms with Crippen LogP contribution in [0, 0.1) is 0 Å². The fraction of sp³-hybridized carbons (Fsp3) is 0.429. The van der Waals surface area contributed by atoms with Gasteiger partial charge in [0.15, 0.2) is 0 Å². The second-order valence-corrected chi connectivity index (χ2v) is 2.16. The molecule has 8 nitrogen and oxygen atoms in total. The van der Waals surface area contributed by atoms with Gasteiger partial charge in [0.25, 0.3) is 0 Å². The summed E-state index contributed by atoms with van der Waals surface area (Å²) in [6.45, 7) is 4.25. The van der Waals surface area contributed by atoms with Crippen LogP contribution in [-0.2, 0) is 19.2 Å². The fourth-order valence-electron chi connectivity index (χ4n) is 0. The molecule has 0 saturated heterocycles. The van der Waals surface area contributed by atoms with E-state index in [1.165, 1.54) is 6.42 Å². The van der Waals surface area contributed by atoms with Gasteiger partial charge in [0.2, 0.25) is 0 Å². The average molecular weight is 220 g/mol. The number of hydrogen-bond donors (Lipinski definition) is 4. The maximum atomic E-state index is 9.45. The molecule has 0 aliphatic carbocycles. The van der Waals surface area contributed by atoms with Gasteiger partial charge in [-0.05, 0) is 0 Å². The maximum Gasteiger partial charge on any atom is 0.306 e. The molecule has 0 heterocycles. The Hall–Kier alpha value is -2.12. The van der Waals surface area contributed by atoms with Crippen LogP contribution in [0.2, 0.25) is 0 Å². The molecule has 0 saturated carbocycles. The van der Waals surface area contributed by atoms with Crippen molar-refractivity contribution in [2.75, 3.05) is 0 Å². The molecule has 8 N–H and O–H groups in total. The number of amides is 4. The van der Waals surface area contributed by atoms with Crippen molar-refractivity contribution in [2.45, 2.75) is 20.3 Å². The Morgan fingerprint density at radius 1 is 0.667 bits per heavy atom. The van der Waals surface area contributed by atoms with E-state index in [1.54, 1.807) is 0 Å². The number of primary amides is 4. The molecule has 0 aliphatic heterocycles. The van der Waals surface area contributed by atoms with Crippen LogP contribution in [0.15, 0.2) is 0 Å². The predicted molar refractivity (Wildman–Crippen MR) is 52.7 cm³/mol. The van der Waals surface area contributed by atoms with Crippen LogP contribution in [0.25, 0.3) is 0 Å². The molecule has 0 rings (SSSR count). The van der Waals surface area contributed by atoms with E-state index >= 15 is 0 Å². The minimum Gasteiger partial charge on any atom is -0.361 e. The minimum atomic E-state index is -1.10. The van der Waals surface area contributed by atoms with Crippen LogP contribution in [0.1, 0.15) is 20.3 Å². The molecule has 0 spiro atoms. The van der Waals surface area contributed by atoms with Crippen LogP contribution < -0.4 is 22.9 Å². The smallest absolute Gasteiger partial charge is 0.306 e. The Labute approximate surface area is 86.9 Å². The van der Waals surface area contributed by atoms with Gasteiger partial charge in [0.1, 0.15) is 0 Å².